The summed E-state index contributed by atoms with van der Waals surface area (Å²) in [6.45, 7) is 0.282. The molecule has 0 fully saturated rings. The first kappa shape index (κ1) is 13.2. The van der Waals surface area contributed by atoms with Crippen LogP contribution in [0, 0.1) is 0 Å². The van der Waals surface area contributed by atoms with Gasteiger partial charge in [0.25, 0.3) is 0 Å². The van der Waals surface area contributed by atoms with Crippen LogP contribution in [-0.2, 0) is 0 Å². The highest BCUT2D eigenvalue weighted by atomic mass is 16.5. The van der Waals surface area contributed by atoms with Gasteiger partial charge in [-0.05, 0) is 29.8 Å². The number of rotatable bonds is 5. The highest BCUT2D eigenvalue weighted by molar-refractivity contribution is 5.38. The number of hydrogen-bond donors (Lipinski definition) is 2. The van der Waals surface area contributed by atoms with Crippen molar-refractivity contribution in [1.82, 2.24) is 0 Å². The standard InChI is InChI=1S/C15H17NO3/c1-18-12-6-4-5-11(9-12)13(16)10-19-15-8-3-2-7-14(15)17/h2-9,13,17H,10,16H2,1H3. The molecule has 4 heteroatoms. The Bertz CT molecular complexity index is 542. The molecule has 19 heavy (non-hydrogen) atoms. The number of phenolic OH excluding ortho intramolecular Hbond substituents is 1. The van der Waals surface area contributed by atoms with Gasteiger partial charge in [0.1, 0.15) is 12.4 Å². The third-order valence-electron chi connectivity index (χ3n) is 2.81. The molecular weight excluding hydrogens is 242 g/mol. The van der Waals surface area contributed by atoms with Crippen molar-refractivity contribution >= 4 is 0 Å². The second-order valence-corrected chi connectivity index (χ2v) is 4.16. The van der Waals surface area contributed by atoms with Crippen LogP contribution in [0.25, 0.3) is 0 Å². The van der Waals surface area contributed by atoms with E-state index in [-0.39, 0.29) is 18.4 Å². The first-order valence-corrected chi connectivity index (χ1v) is 6.01. The number of methoxy groups -OCH3 is 1. The summed E-state index contributed by atoms with van der Waals surface area (Å²) >= 11 is 0. The van der Waals surface area contributed by atoms with E-state index in [2.05, 4.69) is 0 Å². The van der Waals surface area contributed by atoms with Crippen LogP contribution in [0.3, 0.4) is 0 Å². The van der Waals surface area contributed by atoms with E-state index in [9.17, 15) is 5.11 Å². The fourth-order valence-corrected chi connectivity index (χ4v) is 1.73. The molecule has 0 heterocycles. The van der Waals surface area contributed by atoms with E-state index in [1.165, 1.54) is 0 Å². The highest BCUT2D eigenvalue weighted by Gasteiger charge is 2.09. The number of aromatic hydroxyl groups is 1. The Kier molecular flexibility index (Phi) is 4.26. The zero-order valence-electron chi connectivity index (χ0n) is 10.7. The average molecular weight is 259 g/mol. The monoisotopic (exact) mass is 259 g/mol. The molecular formula is C15H17NO3. The van der Waals surface area contributed by atoms with Crippen LogP contribution in [-0.4, -0.2) is 18.8 Å². The Morgan fingerprint density at radius 3 is 2.68 bits per heavy atom. The largest absolute Gasteiger partial charge is 0.504 e. The number of phenols is 1. The zero-order valence-corrected chi connectivity index (χ0v) is 10.7. The average Bonchev–Trinajstić information content (AvgIpc) is 2.46. The van der Waals surface area contributed by atoms with Crippen LogP contribution in [0.1, 0.15) is 11.6 Å². The lowest BCUT2D eigenvalue weighted by Crippen LogP contribution is -2.19. The normalized spacial score (nSPS) is 11.9. The van der Waals surface area contributed by atoms with Gasteiger partial charge in [0, 0.05) is 0 Å². The van der Waals surface area contributed by atoms with Crippen LogP contribution in [0.5, 0.6) is 17.2 Å². The number of hydrogen-bond acceptors (Lipinski definition) is 4. The lowest BCUT2D eigenvalue weighted by atomic mass is 10.1. The molecule has 0 radical (unpaired) electrons. The van der Waals surface area contributed by atoms with E-state index in [1.54, 1.807) is 31.4 Å². The minimum atomic E-state index is -0.283. The Morgan fingerprint density at radius 1 is 1.16 bits per heavy atom. The lowest BCUT2D eigenvalue weighted by molar-refractivity contribution is 0.276. The summed E-state index contributed by atoms with van der Waals surface area (Å²) in [5.74, 6) is 1.30. The van der Waals surface area contributed by atoms with Crippen LogP contribution < -0.4 is 15.2 Å². The van der Waals surface area contributed by atoms with Crippen molar-refractivity contribution in [1.29, 1.82) is 0 Å². The minimum Gasteiger partial charge on any atom is -0.504 e. The van der Waals surface area contributed by atoms with E-state index in [4.69, 9.17) is 15.2 Å². The van der Waals surface area contributed by atoms with Crippen LogP contribution in [0.2, 0.25) is 0 Å². The van der Waals surface area contributed by atoms with Crippen molar-refractivity contribution in [2.45, 2.75) is 6.04 Å². The Labute approximate surface area is 112 Å². The Balaban J connectivity index is 2.01. The summed E-state index contributed by atoms with van der Waals surface area (Å²) in [6, 6.07) is 14.1. The van der Waals surface area contributed by atoms with Crippen LogP contribution >= 0.6 is 0 Å². The maximum atomic E-state index is 9.59. The SMILES string of the molecule is COc1cccc(C(N)COc2ccccc2O)c1. The summed E-state index contributed by atoms with van der Waals surface area (Å²) in [6.07, 6.45) is 0. The second-order valence-electron chi connectivity index (χ2n) is 4.16. The minimum absolute atomic E-state index is 0.111. The van der Waals surface area contributed by atoms with Gasteiger partial charge in [0.15, 0.2) is 11.5 Å². The van der Waals surface area contributed by atoms with E-state index in [0.29, 0.717) is 5.75 Å². The van der Waals surface area contributed by atoms with Gasteiger partial charge < -0.3 is 20.3 Å². The quantitative estimate of drug-likeness (QED) is 0.865. The van der Waals surface area contributed by atoms with Gasteiger partial charge in [0.2, 0.25) is 0 Å². The van der Waals surface area contributed by atoms with Gasteiger partial charge in [-0.2, -0.15) is 0 Å². The fraction of sp³-hybridized carbons (Fsp3) is 0.200. The molecule has 0 aliphatic carbocycles. The summed E-state index contributed by atoms with van der Waals surface area (Å²) in [5.41, 5.74) is 6.98. The van der Waals surface area contributed by atoms with Crippen molar-refractivity contribution in [2.24, 2.45) is 5.73 Å². The van der Waals surface area contributed by atoms with E-state index < -0.39 is 0 Å². The summed E-state index contributed by atoms with van der Waals surface area (Å²) < 4.78 is 10.7. The van der Waals surface area contributed by atoms with Gasteiger partial charge in [-0.1, -0.05) is 24.3 Å². The van der Waals surface area contributed by atoms with Crippen molar-refractivity contribution in [3.05, 3.63) is 54.1 Å². The molecule has 0 saturated carbocycles. The molecule has 0 aliphatic rings. The van der Waals surface area contributed by atoms with Crippen molar-refractivity contribution < 1.29 is 14.6 Å². The molecule has 3 N–H and O–H groups in total. The molecule has 100 valence electrons. The van der Waals surface area contributed by atoms with Gasteiger partial charge in [-0.25, -0.2) is 0 Å². The Morgan fingerprint density at radius 2 is 1.95 bits per heavy atom. The van der Waals surface area contributed by atoms with Crippen molar-refractivity contribution in [2.75, 3.05) is 13.7 Å². The summed E-state index contributed by atoms with van der Waals surface area (Å²) in [5, 5.41) is 9.59. The van der Waals surface area contributed by atoms with Gasteiger partial charge in [0.05, 0.1) is 13.2 Å². The first-order chi connectivity index (χ1) is 9.20. The number of benzene rings is 2. The van der Waals surface area contributed by atoms with Crippen molar-refractivity contribution in [3.8, 4) is 17.2 Å². The highest BCUT2D eigenvalue weighted by Crippen LogP contribution is 2.25. The molecule has 1 unspecified atom stereocenters. The van der Waals surface area contributed by atoms with Gasteiger partial charge in [-0.3, -0.25) is 0 Å². The number of nitrogens with two attached hydrogens (primary N) is 1. The number of para-hydroxylation sites is 2. The Hall–Kier alpha value is -2.20. The van der Waals surface area contributed by atoms with Crippen LogP contribution in [0.15, 0.2) is 48.5 Å². The maximum absolute atomic E-state index is 9.59. The third kappa shape index (κ3) is 3.39. The van der Waals surface area contributed by atoms with Gasteiger partial charge >= 0.3 is 0 Å². The molecule has 0 bridgehead atoms. The number of ether oxygens (including phenoxy) is 2. The topological polar surface area (TPSA) is 64.7 Å². The predicted molar refractivity (Wildman–Crippen MR) is 73.5 cm³/mol. The zero-order chi connectivity index (χ0) is 13.7. The van der Waals surface area contributed by atoms with E-state index in [0.717, 1.165) is 11.3 Å². The molecule has 2 aromatic carbocycles. The third-order valence-corrected chi connectivity index (χ3v) is 2.81. The van der Waals surface area contributed by atoms with E-state index >= 15 is 0 Å². The predicted octanol–water partition coefficient (Wildman–Crippen LogP) is 2.48. The molecule has 0 amide bonds. The summed E-state index contributed by atoms with van der Waals surface area (Å²) in [7, 11) is 1.61. The first-order valence-electron chi connectivity index (χ1n) is 6.01. The molecule has 4 nitrogen and oxygen atoms in total. The molecule has 2 rings (SSSR count). The fourth-order valence-electron chi connectivity index (χ4n) is 1.73. The molecule has 0 aromatic heterocycles. The lowest BCUT2D eigenvalue weighted by Gasteiger charge is -2.15. The smallest absolute Gasteiger partial charge is 0.161 e. The molecule has 0 saturated heterocycles. The summed E-state index contributed by atoms with van der Waals surface area (Å²) in [4.78, 5) is 0. The van der Waals surface area contributed by atoms with Crippen LogP contribution in [0.4, 0.5) is 0 Å². The van der Waals surface area contributed by atoms with E-state index in [1.807, 2.05) is 24.3 Å². The molecule has 0 spiro atoms. The molecule has 2 aromatic rings. The molecule has 1 atom stereocenters. The second kappa shape index (κ2) is 6.11. The van der Waals surface area contributed by atoms with Gasteiger partial charge in [-0.15, -0.1) is 0 Å². The van der Waals surface area contributed by atoms with Crippen molar-refractivity contribution in [3.63, 3.8) is 0 Å². The maximum Gasteiger partial charge on any atom is 0.161 e. The molecule has 0 aliphatic heterocycles.